The first-order valence-electron chi connectivity index (χ1n) is 5.63. The van der Waals surface area contributed by atoms with Gasteiger partial charge >= 0.3 is 0 Å². The van der Waals surface area contributed by atoms with Crippen LogP contribution in [0.15, 0.2) is 24.3 Å². The van der Waals surface area contributed by atoms with Crippen molar-refractivity contribution in [1.82, 2.24) is 0 Å². The summed E-state index contributed by atoms with van der Waals surface area (Å²) in [6.07, 6.45) is 7.83. The van der Waals surface area contributed by atoms with Gasteiger partial charge < -0.3 is 4.74 Å². The molecule has 0 N–H and O–H groups in total. The zero-order valence-electron chi connectivity index (χ0n) is 10.4. The number of ether oxygens (including phenoxy) is 1. The van der Waals surface area contributed by atoms with Crippen LogP contribution in [-0.2, 0) is 10.3 Å². The van der Waals surface area contributed by atoms with Crippen molar-refractivity contribution in [2.45, 2.75) is 31.8 Å². The number of methoxy groups -OCH3 is 1. The minimum Gasteiger partial charge on any atom is -0.374 e. The van der Waals surface area contributed by atoms with Crippen LogP contribution in [0, 0.1) is 18.9 Å². The lowest BCUT2D eigenvalue weighted by Gasteiger charge is -2.28. The highest BCUT2D eigenvalue weighted by atomic mass is 16.5. The summed E-state index contributed by atoms with van der Waals surface area (Å²) in [5, 5.41) is 0. The molecule has 17 heavy (non-hydrogen) atoms. The van der Waals surface area contributed by atoms with Gasteiger partial charge in [-0.25, -0.2) is 4.85 Å². The van der Waals surface area contributed by atoms with Crippen LogP contribution in [0.25, 0.3) is 4.85 Å². The van der Waals surface area contributed by atoms with Crippen molar-refractivity contribution in [3.05, 3.63) is 41.2 Å². The first-order chi connectivity index (χ1) is 8.16. The Labute approximate surface area is 103 Å². The molecule has 0 radical (unpaired) electrons. The predicted molar refractivity (Wildman–Crippen MR) is 69.7 cm³/mol. The molecule has 1 rings (SSSR count). The van der Waals surface area contributed by atoms with Gasteiger partial charge in [0.05, 0.1) is 12.2 Å². The minimum absolute atomic E-state index is 0.322. The smallest absolute Gasteiger partial charge is 0.187 e. The van der Waals surface area contributed by atoms with Crippen molar-refractivity contribution in [3.63, 3.8) is 0 Å². The Morgan fingerprint density at radius 2 is 2.06 bits per heavy atom. The third kappa shape index (κ3) is 3.34. The van der Waals surface area contributed by atoms with Crippen molar-refractivity contribution >= 4 is 5.69 Å². The summed E-state index contributed by atoms with van der Waals surface area (Å²) in [5.41, 5.74) is 1.41. The molecular formula is C15H17NO. The number of rotatable bonds is 5. The van der Waals surface area contributed by atoms with Crippen molar-refractivity contribution in [2.75, 3.05) is 7.11 Å². The standard InChI is InChI=1S/C15H17NO/c1-5-6-7-12-15(2,17-4)13-8-10-14(16-3)11-9-13/h1,8-11H,6-7,12H2,2,4H3/t15-/m1/s1. The second-order valence-corrected chi connectivity index (χ2v) is 4.15. The zero-order valence-corrected chi connectivity index (χ0v) is 10.4. The summed E-state index contributed by atoms with van der Waals surface area (Å²) in [7, 11) is 1.71. The van der Waals surface area contributed by atoms with E-state index in [-0.39, 0.29) is 5.60 Å². The fourth-order valence-electron chi connectivity index (χ4n) is 1.78. The average molecular weight is 227 g/mol. The Morgan fingerprint density at radius 1 is 1.41 bits per heavy atom. The molecule has 0 bridgehead atoms. The number of hydrogen-bond donors (Lipinski definition) is 0. The first kappa shape index (κ1) is 13.3. The van der Waals surface area contributed by atoms with Crippen molar-refractivity contribution in [2.24, 2.45) is 0 Å². The van der Waals surface area contributed by atoms with Gasteiger partial charge in [-0.2, -0.15) is 0 Å². The Kier molecular flexibility index (Phi) is 4.76. The highest BCUT2D eigenvalue weighted by Gasteiger charge is 2.25. The van der Waals surface area contributed by atoms with E-state index in [0.29, 0.717) is 5.69 Å². The lowest BCUT2D eigenvalue weighted by Crippen LogP contribution is -2.24. The molecule has 0 aliphatic rings. The molecule has 0 saturated heterocycles. The Balaban J connectivity index is 2.84. The lowest BCUT2D eigenvalue weighted by molar-refractivity contribution is -0.00678. The molecule has 2 heteroatoms. The second-order valence-electron chi connectivity index (χ2n) is 4.15. The van der Waals surface area contributed by atoms with Gasteiger partial charge in [-0.05, 0) is 25.3 Å². The van der Waals surface area contributed by atoms with E-state index in [1.54, 1.807) is 7.11 Å². The Bertz CT molecular complexity index is 435. The SMILES string of the molecule is [C-]#[N+]c1ccc([C@@](C)(CCCC#C)OC)cc1. The molecule has 0 saturated carbocycles. The van der Waals surface area contributed by atoms with E-state index in [9.17, 15) is 0 Å². The van der Waals surface area contributed by atoms with Crippen LogP contribution in [0.5, 0.6) is 0 Å². The van der Waals surface area contributed by atoms with Gasteiger partial charge in [0.2, 0.25) is 0 Å². The zero-order chi connectivity index (χ0) is 12.7. The molecule has 0 aliphatic heterocycles. The van der Waals surface area contributed by atoms with Gasteiger partial charge in [-0.1, -0.05) is 24.3 Å². The molecule has 0 heterocycles. The quantitative estimate of drug-likeness (QED) is 0.422. The first-order valence-corrected chi connectivity index (χ1v) is 5.63. The molecule has 0 unspecified atom stereocenters. The maximum Gasteiger partial charge on any atom is 0.187 e. The van der Waals surface area contributed by atoms with Crippen LogP contribution in [-0.4, -0.2) is 7.11 Å². The number of nitrogens with zero attached hydrogens (tertiary/aromatic N) is 1. The van der Waals surface area contributed by atoms with Gasteiger partial charge in [0, 0.05) is 13.5 Å². The molecule has 0 aromatic heterocycles. The van der Waals surface area contributed by atoms with Crippen LogP contribution in [0.4, 0.5) is 5.69 Å². The van der Waals surface area contributed by atoms with Crippen molar-refractivity contribution in [3.8, 4) is 12.3 Å². The minimum atomic E-state index is -0.322. The molecule has 88 valence electrons. The molecule has 0 aliphatic carbocycles. The van der Waals surface area contributed by atoms with Gasteiger partial charge in [0.25, 0.3) is 0 Å². The van der Waals surface area contributed by atoms with Gasteiger partial charge in [-0.3, -0.25) is 0 Å². The summed E-state index contributed by atoms with van der Waals surface area (Å²) in [5.74, 6) is 2.64. The number of unbranched alkanes of at least 4 members (excludes halogenated alkanes) is 1. The monoisotopic (exact) mass is 227 g/mol. The van der Waals surface area contributed by atoms with E-state index in [1.807, 2.05) is 24.3 Å². The van der Waals surface area contributed by atoms with Crippen LogP contribution >= 0.6 is 0 Å². The number of terminal acetylenes is 1. The third-order valence-electron chi connectivity index (χ3n) is 3.03. The second kappa shape index (κ2) is 6.09. The average Bonchev–Trinajstić information content (AvgIpc) is 2.39. The highest BCUT2D eigenvalue weighted by molar-refractivity contribution is 5.46. The molecule has 2 nitrogen and oxygen atoms in total. The van der Waals surface area contributed by atoms with Crippen LogP contribution in [0.1, 0.15) is 31.7 Å². The molecule has 0 fully saturated rings. The van der Waals surface area contributed by atoms with Crippen molar-refractivity contribution in [1.29, 1.82) is 0 Å². The summed E-state index contributed by atoms with van der Waals surface area (Å²) in [6.45, 7) is 8.97. The van der Waals surface area contributed by atoms with E-state index in [4.69, 9.17) is 17.7 Å². The number of hydrogen-bond acceptors (Lipinski definition) is 1. The van der Waals surface area contributed by atoms with Gasteiger partial charge in [-0.15, -0.1) is 12.3 Å². The summed E-state index contributed by atoms with van der Waals surface area (Å²) >= 11 is 0. The number of benzene rings is 1. The highest BCUT2D eigenvalue weighted by Crippen LogP contribution is 2.31. The summed E-state index contributed by atoms with van der Waals surface area (Å²) in [6, 6.07) is 7.54. The van der Waals surface area contributed by atoms with E-state index in [0.717, 1.165) is 24.8 Å². The van der Waals surface area contributed by atoms with Gasteiger partial charge in [0.1, 0.15) is 0 Å². The molecule has 1 aromatic carbocycles. The van der Waals surface area contributed by atoms with Crippen LogP contribution in [0.3, 0.4) is 0 Å². The maximum absolute atomic E-state index is 6.92. The fourth-order valence-corrected chi connectivity index (χ4v) is 1.78. The molecular weight excluding hydrogens is 210 g/mol. The summed E-state index contributed by atoms with van der Waals surface area (Å²) in [4.78, 5) is 3.38. The normalized spacial score (nSPS) is 13.4. The van der Waals surface area contributed by atoms with Crippen LogP contribution in [0.2, 0.25) is 0 Å². The van der Waals surface area contributed by atoms with E-state index >= 15 is 0 Å². The lowest BCUT2D eigenvalue weighted by atomic mass is 9.90. The van der Waals surface area contributed by atoms with E-state index in [1.165, 1.54) is 0 Å². The Morgan fingerprint density at radius 3 is 2.53 bits per heavy atom. The van der Waals surface area contributed by atoms with E-state index < -0.39 is 0 Å². The maximum atomic E-state index is 6.92. The molecule has 0 amide bonds. The largest absolute Gasteiger partial charge is 0.374 e. The van der Waals surface area contributed by atoms with Crippen molar-refractivity contribution < 1.29 is 4.74 Å². The van der Waals surface area contributed by atoms with Gasteiger partial charge in [0.15, 0.2) is 5.69 Å². The topological polar surface area (TPSA) is 13.6 Å². The molecule has 1 atom stereocenters. The predicted octanol–water partition coefficient (Wildman–Crippen LogP) is 3.90. The molecule has 0 spiro atoms. The van der Waals surface area contributed by atoms with Crippen LogP contribution < -0.4 is 0 Å². The van der Waals surface area contributed by atoms with E-state index in [2.05, 4.69) is 17.7 Å². The fraction of sp³-hybridized carbons (Fsp3) is 0.400. The Hall–Kier alpha value is -1.77. The molecule has 1 aromatic rings. The summed E-state index contributed by atoms with van der Waals surface area (Å²) < 4.78 is 5.60. The third-order valence-corrected chi connectivity index (χ3v) is 3.03.